The third-order valence-electron chi connectivity index (χ3n) is 6.73. The molecule has 9 nitrogen and oxygen atoms in total. The molecule has 4 aromatic heterocycles. The molecule has 0 bridgehead atoms. The molecule has 0 atom stereocenters. The molecule has 0 amide bonds. The molecule has 6 heterocycles. The summed E-state index contributed by atoms with van der Waals surface area (Å²) in [5.41, 5.74) is 5.21. The average Bonchev–Trinajstić information content (AvgIpc) is 3.56. The number of pyridine rings is 2. The van der Waals surface area contributed by atoms with Crippen molar-refractivity contribution in [1.29, 1.82) is 5.26 Å². The van der Waals surface area contributed by atoms with E-state index in [1.807, 2.05) is 31.8 Å². The molecular formula is C27H32N8O. The number of piperazine rings is 1. The molecule has 0 unspecified atom stereocenters. The lowest BCUT2D eigenvalue weighted by Crippen LogP contribution is -2.44. The van der Waals surface area contributed by atoms with Crippen LogP contribution in [0.1, 0.15) is 24.8 Å². The molecule has 0 spiro atoms. The van der Waals surface area contributed by atoms with Crippen molar-refractivity contribution in [2.75, 3.05) is 51.3 Å². The largest absolute Gasteiger partial charge is 0.381 e. The molecule has 2 aliphatic heterocycles. The van der Waals surface area contributed by atoms with E-state index < -0.39 is 0 Å². The van der Waals surface area contributed by atoms with Crippen LogP contribution in [0.4, 0.5) is 5.82 Å². The first-order valence-electron chi connectivity index (χ1n) is 12.5. The van der Waals surface area contributed by atoms with Crippen LogP contribution in [0.15, 0.2) is 49.2 Å². The number of likely N-dealkylation sites (N-methyl/N-ethyl adjacent to an activating group) is 1. The lowest BCUT2D eigenvalue weighted by atomic mass is 10.0. The van der Waals surface area contributed by atoms with Crippen LogP contribution in [0.5, 0.6) is 0 Å². The molecule has 0 radical (unpaired) electrons. The van der Waals surface area contributed by atoms with Gasteiger partial charge in [-0.25, -0.2) is 9.50 Å². The second-order valence-corrected chi connectivity index (χ2v) is 9.38. The Bertz CT molecular complexity index is 1330. The minimum absolute atomic E-state index is 0.547. The third-order valence-corrected chi connectivity index (χ3v) is 6.73. The summed E-state index contributed by atoms with van der Waals surface area (Å²) in [7, 11) is 4.04. The van der Waals surface area contributed by atoms with Crippen LogP contribution in [0.2, 0.25) is 0 Å². The Kier molecular flexibility index (Phi) is 7.26. The summed E-state index contributed by atoms with van der Waals surface area (Å²) >= 11 is 0. The van der Waals surface area contributed by atoms with Gasteiger partial charge in [0.05, 0.1) is 23.5 Å². The fourth-order valence-corrected chi connectivity index (χ4v) is 4.61. The maximum Gasteiger partial charge on any atom is 0.128 e. The quantitative estimate of drug-likeness (QED) is 0.439. The van der Waals surface area contributed by atoms with Crippen molar-refractivity contribution in [3.05, 3.63) is 54.7 Å². The molecule has 186 valence electrons. The molecule has 0 saturated carbocycles. The summed E-state index contributed by atoms with van der Waals surface area (Å²) < 4.78 is 8.61. The molecule has 6 rings (SSSR count). The van der Waals surface area contributed by atoms with Crippen LogP contribution in [-0.4, -0.2) is 75.7 Å². The zero-order valence-corrected chi connectivity index (χ0v) is 21.0. The van der Waals surface area contributed by atoms with E-state index in [0.29, 0.717) is 5.56 Å². The number of nitriles is 1. The van der Waals surface area contributed by atoms with Gasteiger partial charge in [-0.2, -0.15) is 15.5 Å². The van der Waals surface area contributed by atoms with Gasteiger partial charge in [-0.3, -0.25) is 4.68 Å². The highest BCUT2D eigenvalue weighted by molar-refractivity contribution is 5.87. The summed E-state index contributed by atoms with van der Waals surface area (Å²) in [6.07, 6.45) is 13.2. The number of rotatable bonds is 3. The summed E-state index contributed by atoms with van der Waals surface area (Å²) in [6, 6.07) is 8.49. The highest BCUT2D eigenvalue weighted by Crippen LogP contribution is 2.32. The zero-order chi connectivity index (χ0) is 24.9. The Morgan fingerprint density at radius 3 is 2.25 bits per heavy atom. The number of hydrogen-bond acceptors (Lipinski definition) is 7. The fraction of sp³-hybridized carbons (Fsp3) is 0.407. The van der Waals surface area contributed by atoms with E-state index in [1.54, 1.807) is 15.4 Å². The van der Waals surface area contributed by atoms with Gasteiger partial charge < -0.3 is 14.5 Å². The molecular weight excluding hydrogens is 452 g/mol. The van der Waals surface area contributed by atoms with Crippen molar-refractivity contribution in [2.45, 2.75) is 19.3 Å². The second-order valence-electron chi connectivity index (χ2n) is 9.38. The van der Waals surface area contributed by atoms with E-state index in [4.69, 9.17) is 9.72 Å². The zero-order valence-electron chi connectivity index (χ0n) is 21.0. The van der Waals surface area contributed by atoms with E-state index in [2.05, 4.69) is 51.3 Å². The fourth-order valence-electron chi connectivity index (χ4n) is 4.61. The molecule has 2 aliphatic rings. The van der Waals surface area contributed by atoms with Crippen molar-refractivity contribution < 1.29 is 4.74 Å². The van der Waals surface area contributed by atoms with E-state index in [9.17, 15) is 5.26 Å². The van der Waals surface area contributed by atoms with Crippen LogP contribution >= 0.6 is 0 Å². The van der Waals surface area contributed by atoms with Crippen molar-refractivity contribution in [3.63, 3.8) is 0 Å². The minimum atomic E-state index is 0.547. The number of anilines is 1. The molecule has 2 fully saturated rings. The number of aryl methyl sites for hydroxylation is 1. The summed E-state index contributed by atoms with van der Waals surface area (Å²) in [4.78, 5) is 9.37. The predicted molar refractivity (Wildman–Crippen MR) is 140 cm³/mol. The van der Waals surface area contributed by atoms with Crippen LogP contribution in [0.25, 0.3) is 27.8 Å². The minimum Gasteiger partial charge on any atom is -0.381 e. The third kappa shape index (κ3) is 5.25. The van der Waals surface area contributed by atoms with Gasteiger partial charge in [0.1, 0.15) is 11.9 Å². The number of nitrogens with zero attached hydrogens (tertiary/aromatic N) is 8. The van der Waals surface area contributed by atoms with Crippen LogP contribution in [0.3, 0.4) is 0 Å². The van der Waals surface area contributed by atoms with Crippen molar-refractivity contribution >= 4 is 11.3 Å². The van der Waals surface area contributed by atoms with Crippen molar-refractivity contribution in [3.8, 4) is 28.3 Å². The maximum atomic E-state index is 9.58. The standard InChI is InChI=1S/C22H22N8.C5H10O/c1-27-5-7-29(8-6-27)21-4-3-16(11-24-21)20-9-17(19-13-25-28(2)14-19)15-30-22(20)18(10-23)12-26-30;1-2-4-6-5-3-1/h3-4,9,11-15H,5-8H2,1-2H3;1-5H2. The number of hydrogen-bond donors (Lipinski definition) is 0. The Hall–Kier alpha value is -3.74. The van der Waals surface area contributed by atoms with Crippen molar-refractivity contribution in [2.24, 2.45) is 7.05 Å². The molecule has 36 heavy (non-hydrogen) atoms. The van der Waals surface area contributed by atoms with Gasteiger partial charge in [-0.05, 0) is 44.5 Å². The summed E-state index contributed by atoms with van der Waals surface area (Å²) in [5, 5.41) is 18.3. The Morgan fingerprint density at radius 1 is 0.861 bits per heavy atom. The molecule has 9 heteroatoms. The molecule has 0 aromatic carbocycles. The van der Waals surface area contributed by atoms with Gasteiger partial charge in [0, 0.05) is 87.3 Å². The highest BCUT2D eigenvalue weighted by Gasteiger charge is 2.17. The predicted octanol–water partition coefficient (Wildman–Crippen LogP) is 3.61. The van der Waals surface area contributed by atoms with Gasteiger partial charge in [0.25, 0.3) is 0 Å². The van der Waals surface area contributed by atoms with Gasteiger partial charge in [-0.15, -0.1) is 0 Å². The lowest BCUT2D eigenvalue weighted by molar-refractivity contribution is 0.0968. The first-order valence-corrected chi connectivity index (χ1v) is 12.5. The maximum absolute atomic E-state index is 9.58. The Labute approximate surface area is 211 Å². The summed E-state index contributed by atoms with van der Waals surface area (Å²) in [5.74, 6) is 0.986. The molecule has 0 aliphatic carbocycles. The monoisotopic (exact) mass is 484 g/mol. The van der Waals surface area contributed by atoms with E-state index in [0.717, 1.165) is 73.0 Å². The van der Waals surface area contributed by atoms with Crippen LogP contribution < -0.4 is 4.90 Å². The number of fused-ring (bicyclic) bond motifs is 1. The molecule has 0 N–H and O–H groups in total. The van der Waals surface area contributed by atoms with E-state index in [-0.39, 0.29) is 0 Å². The average molecular weight is 485 g/mol. The van der Waals surface area contributed by atoms with Gasteiger partial charge in [0.15, 0.2) is 0 Å². The second kappa shape index (κ2) is 10.9. The van der Waals surface area contributed by atoms with E-state index >= 15 is 0 Å². The van der Waals surface area contributed by atoms with Gasteiger partial charge in [0.2, 0.25) is 0 Å². The van der Waals surface area contributed by atoms with Gasteiger partial charge >= 0.3 is 0 Å². The lowest BCUT2D eigenvalue weighted by Gasteiger charge is -2.33. The number of ether oxygens (including phenoxy) is 1. The van der Waals surface area contributed by atoms with Crippen molar-refractivity contribution in [1.82, 2.24) is 29.3 Å². The van der Waals surface area contributed by atoms with Crippen LogP contribution in [0, 0.1) is 11.3 Å². The van der Waals surface area contributed by atoms with Crippen LogP contribution in [-0.2, 0) is 11.8 Å². The number of aromatic nitrogens is 5. The highest BCUT2D eigenvalue weighted by atomic mass is 16.5. The molecule has 2 saturated heterocycles. The normalized spacial score (nSPS) is 16.4. The topological polar surface area (TPSA) is 87.5 Å². The van der Waals surface area contributed by atoms with E-state index in [1.165, 1.54) is 19.3 Å². The first kappa shape index (κ1) is 24.0. The smallest absolute Gasteiger partial charge is 0.128 e. The Morgan fingerprint density at radius 2 is 1.67 bits per heavy atom. The van der Waals surface area contributed by atoms with Gasteiger partial charge in [-0.1, -0.05) is 0 Å². The summed E-state index contributed by atoms with van der Waals surface area (Å²) in [6.45, 7) is 6.03. The SMILES string of the molecule is C1CCOCC1.CN1CCN(c2ccc(-c3cc(-c4cnn(C)c4)cn4ncc(C#N)c34)cn2)CC1. The first-order chi connectivity index (χ1) is 17.6. The Balaban J connectivity index is 0.000000391. The molecule has 4 aromatic rings.